The first-order valence-corrected chi connectivity index (χ1v) is 7.92. The van der Waals surface area contributed by atoms with Gasteiger partial charge < -0.3 is 9.88 Å². The molecule has 1 aliphatic heterocycles. The Kier molecular flexibility index (Phi) is 3.66. The highest BCUT2D eigenvalue weighted by Gasteiger charge is 2.33. The molecule has 1 saturated carbocycles. The average molecular weight is 261 g/mol. The molecule has 0 unspecified atom stereocenters. The lowest BCUT2D eigenvalue weighted by molar-refractivity contribution is 0.259. The molecule has 1 saturated heterocycles. The van der Waals surface area contributed by atoms with E-state index < -0.39 is 0 Å². The molecule has 0 bridgehead atoms. The molecule has 0 atom stereocenters. The van der Waals surface area contributed by atoms with Crippen LogP contribution in [-0.4, -0.2) is 22.6 Å². The van der Waals surface area contributed by atoms with Crippen LogP contribution in [-0.2, 0) is 5.41 Å². The second-order valence-corrected chi connectivity index (χ2v) is 6.91. The molecule has 1 aromatic heterocycles. The van der Waals surface area contributed by atoms with E-state index in [0.717, 1.165) is 19.0 Å². The predicted octanol–water partition coefficient (Wildman–Crippen LogP) is 3.28. The first-order chi connectivity index (χ1) is 9.19. The summed E-state index contributed by atoms with van der Waals surface area (Å²) in [5.74, 6) is 0.915. The van der Waals surface area contributed by atoms with Gasteiger partial charge in [0.25, 0.3) is 0 Å². The van der Waals surface area contributed by atoms with Crippen molar-refractivity contribution in [3.8, 4) is 0 Å². The number of nitrogens with one attached hydrogen (secondary N) is 1. The van der Waals surface area contributed by atoms with Crippen molar-refractivity contribution in [2.75, 3.05) is 13.1 Å². The van der Waals surface area contributed by atoms with Crippen molar-refractivity contribution in [2.45, 2.75) is 63.8 Å². The van der Waals surface area contributed by atoms with E-state index in [1.165, 1.54) is 44.2 Å². The van der Waals surface area contributed by atoms with E-state index >= 15 is 0 Å². The number of piperidine rings is 1. The summed E-state index contributed by atoms with van der Waals surface area (Å²) in [6.45, 7) is 7.10. The van der Waals surface area contributed by atoms with Gasteiger partial charge in [-0.25, -0.2) is 4.98 Å². The Balaban J connectivity index is 1.81. The molecule has 2 heterocycles. The predicted molar refractivity (Wildman–Crippen MR) is 78.4 cm³/mol. The summed E-state index contributed by atoms with van der Waals surface area (Å²) in [7, 11) is 0. The van der Waals surface area contributed by atoms with E-state index in [0.29, 0.717) is 11.5 Å². The van der Waals surface area contributed by atoms with Crippen LogP contribution in [0.1, 0.15) is 64.1 Å². The lowest BCUT2D eigenvalue weighted by atomic mass is 9.77. The van der Waals surface area contributed by atoms with Crippen LogP contribution in [0.3, 0.4) is 0 Å². The van der Waals surface area contributed by atoms with Gasteiger partial charge in [-0.2, -0.15) is 0 Å². The van der Waals surface area contributed by atoms with Crippen molar-refractivity contribution in [2.24, 2.45) is 5.92 Å². The lowest BCUT2D eigenvalue weighted by Crippen LogP contribution is -2.39. The molecule has 106 valence electrons. The summed E-state index contributed by atoms with van der Waals surface area (Å²) >= 11 is 0. The van der Waals surface area contributed by atoms with Gasteiger partial charge in [0.15, 0.2) is 0 Å². The van der Waals surface area contributed by atoms with E-state index in [-0.39, 0.29) is 0 Å². The molecule has 0 amide bonds. The van der Waals surface area contributed by atoms with Gasteiger partial charge >= 0.3 is 0 Å². The Bertz CT molecular complexity index is 409. The topological polar surface area (TPSA) is 29.9 Å². The highest BCUT2D eigenvalue weighted by molar-refractivity contribution is 5.16. The van der Waals surface area contributed by atoms with Gasteiger partial charge in [0.1, 0.15) is 0 Å². The van der Waals surface area contributed by atoms with E-state index in [2.05, 4.69) is 41.2 Å². The van der Waals surface area contributed by atoms with Gasteiger partial charge in [0.2, 0.25) is 0 Å². The third-order valence-electron chi connectivity index (χ3n) is 5.37. The Labute approximate surface area is 116 Å². The maximum absolute atomic E-state index is 4.48. The number of nitrogens with zero attached hydrogens (tertiary/aromatic N) is 2. The number of hydrogen-bond acceptors (Lipinski definition) is 2. The zero-order chi connectivity index (χ0) is 13.3. The molecule has 1 aliphatic carbocycles. The van der Waals surface area contributed by atoms with Crippen molar-refractivity contribution >= 4 is 0 Å². The van der Waals surface area contributed by atoms with Gasteiger partial charge in [-0.15, -0.1) is 0 Å². The first kappa shape index (κ1) is 13.2. The molecule has 2 fully saturated rings. The van der Waals surface area contributed by atoms with Crippen molar-refractivity contribution in [1.29, 1.82) is 0 Å². The summed E-state index contributed by atoms with van der Waals surface area (Å²) in [6.07, 6.45) is 12.1. The van der Waals surface area contributed by atoms with Crippen LogP contribution in [0.25, 0.3) is 0 Å². The fourth-order valence-electron chi connectivity index (χ4n) is 3.82. The quantitative estimate of drug-likeness (QED) is 0.885. The molecule has 19 heavy (non-hydrogen) atoms. The third-order valence-corrected chi connectivity index (χ3v) is 5.37. The van der Waals surface area contributed by atoms with Gasteiger partial charge in [-0.05, 0) is 57.5 Å². The fourth-order valence-corrected chi connectivity index (χ4v) is 3.82. The zero-order valence-electron chi connectivity index (χ0n) is 12.4. The van der Waals surface area contributed by atoms with Crippen LogP contribution in [0, 0.1) is 5.92 Å². The Morgan fingerprint density at radius 3 is 2.58 bits per heavy atom. The van der Waals surface area contributed by atoms with Crippen molar-refractivity contribution in [1.82, 2.24) is 14.9 Å². The fraction of sp³-hybridized carbons (Fsp3) is 0.812. The monoisotopic (exact) mass is 261 g/mol. The van der Waals surface area contributed by atoms with Crippen molar-refractivity contribution in [3.63, 3.8) is 0 Å². The molecule has 3 heteroatoms. The van der Waals surface area contributed by atoms with Crippen molar-refractivity contribution < 1.29 is 0 Å². The SMILES string of the molecule is CC1CCC(n2cncc2C2(C)CCNCC2)CC1. The Morgan fingerprint density at radius 1 is 1.21 bits per heavy atom. The minimum atomic E-state index is 0.324. The normalized spacial score (nSPS) is 31.3. The van der Waals surface area contributed by atoms with E-state index in [4.69, 9.17) is 0 Å². The average Bonchev–Trinajstić information content (AvgIpc) is 2.90. The molecular formula is C16H27N3. The molecule has 1 N–H and O–H groups in total. The molecule has 3 nitrogen and oxygen atoms in total. The molecule has 3 rings (SSSR count). The zero-order valence-corrected chi connectivity index (χ0v) is 12.4. The minimum Gasteiger partial charge on any atom is -0.331 e. The summed E-state index contributed by atoms with van der Waals surface area (Å²) in [5.41, 5.74) is 1.80. The molecule has 0 aromatic carbocycles. The molecule has 0 spiro atoms. The molecule has 2 aliphatic rings. The summed E-state index contributed by atoms with van der Waals surface area (Å²) in [6, 6.07) is 0.695. The largest absolute Gasteiger partial charge is 0.331 e. The van der Waals surface area contributed by atoms with Crippen LogP contribution in [0.2, 0.25) is 0 Å². The van der Waals surface area contributed by atoms with E-state index in [9.17, 15) is 0 Å². The summed E-state index contributed by atoms with van der Waals surface area (Å²) < 4.78 is 2.51. The number of hydrogen-bond donors (Lipinski definition) is 1. The second kappa shape index (κ2) is 5.28. The number of imidazole rings is 1. The van der Waals surface area contributed by atoms with E-state index in [1.807, 2.05) is 0 Å². The minimum absolute atomic E-state index is 0.324. The standard InChI is InChI=1S/C16H27N3/c1-13-3-5-14(6-4-13)19-12-18-11-15(19)16(2)7-9-17-10-8-16/h11-14,17H,3-10H2,1-2H3. The second-order valence-electron chi connectivity index (χ2n) is 6.91. The number of aromatic nitrogens is 2. The Hall–Kier alpha value is -0.830. The Morgan fingerprint density at radius 2 is 1.89 bits per heavy atom. The van der Waals surface area contributed by atoms with Gasteiger partial charge in [0, 0.05) is 23.3 Å². The molecule has 0 radical (unpaired) electrons. The van der Waals surface area contributed by atoms with Crippen molar-refractivity contribution in [3.05, 3.63) is 18.2 Å². The van der Waals surface area contributed by atoms with Crippen LogP contribution in [0.5, 0.6) is 0 Å². The van der Waals surface area contributed by atoms with E-state index in [1.54, 1.807) is 0 Å². The van der Waals surface area contributed by atoms with Crippen LogP contribution >= 0.6 is 0 Å². The van der Waals surface area contributed by atoms with Crippen LogP contribution in [0.15, 0.2) is 12.5 Å². The molecular weight excluding hydrogens is 234 g/mol. The molecule has 1 aromatic rings. The lowest BCUT2D eigenvalue weighted by Gasteiger charge is -2.37. The third kappa shape index (κ3) is 2.58. The van der Waals surface area contributed by atoms with Crippen LogP contribution < -0.4 is 5.32 Å². The maximum Gasteiger partial charge on any atom is 0.0950 e. The highest BCUT2D eigenvalue weighted by atomic mass is 15.1. The van der Waals surface area contributed by atoms with Crippen LogP contribution in [0.4, 0.5) is 0 Å². The number of rotatable bonds is 2. The van der Waals surface area contributed by atoms with Gasteiger partial charge in [-0.3, -0.25) is 0 Å². The smallest absolute Gasteiger partial charge is 0.0950 e. The highest BCUT2D eigenvalue weighted by Crippen LogP contribution is 2.38. The van der Waals surface area contributed by atoms with Gasteiger partial charge in [0.05, 0.1) is 6.33 Å². The summed E-state index contributed by atoms with van der Waals surface area (Å²) in [4.78, 5) is 4.48. The van der Waals surface area contributed by atoms with Gasteiger partial charge in [-0.1, -0.05) is 13.8 Å². The summed E-state index contributed by atoms with van der Waals surface area (Å²) in [5, 5.41) is 3.48. The maximum atomic E-state index is 4.48. The first-order valence-electron chi connectivity index (χ1n) is 7.92.